The molecule has 0 aromatic heterocycles. The van der Waals surface area contributed by atoms with Crippen LogP contribution in [0.3, 0.4) is 0 Å². The fraction of sp³-hybridized carbons (Fsp3) is 0.143. The third-order valence-electron chi connectivity index (χ3n) is 0.993. The van der Waals surface area contributed by atoms with Crippen molar-refractivity contribution in [2.45, 2.75) is 7.43 Å². The molecule has 1 aromatic rings. The summed E-state index contributed by atoms with van der Waals surface area (Å²) in [5.41, 5.74) is 0. The lowest BCUT2D eigenvalue weighted by atomic mass is 10.3. The lowest BCUT2D eigenvalue weighted by Gasteiger charge is -1.96. The zero-order valence-electron chi connectivity index (χ0n) is 4.57. The van der Waals surface area contributed by atoms with Gasteiger partial charge >= 0.3 is 0 Å². The van der Waals surface area contributed by atoms with Crippen molar-refractivity contribution in [3.05, 3.63) is 18.2 Å². The predicted molar refractivity (Wildman–Crippen MR) is 38.2 cm³/mol. The molecule has 56 valence electrons. The Bertz CT molecular complexity index is 200. The zero-order valence-corrected chi connectivity index (χ0v) is 4.57. The highest BCUT2D eigenvalue weighted by atomic mass is 16.3. The number of phenols is 3. The van der Waals surface area contributed by atoms with E-state index in [1.54, 1.807) is 0 Å². The van der Waals surface area contributed by atoms with Crippen LogP contribution in [0.25, 0.3) is 0 Å². The Hall–Kier alpha value is -1.38. The summed E-state index contributed by atoms with van der Waals surface area (Å²) in [4.78, 5) is 0. The molecule has 0 unspecified atom stereocenters. The molecule has 0 fully saturated rings. The summed E-state index contributed by atoms with van der Waals surface area (Å²) >= 11 is 0. The number of rotatable bonds is 0. The fourth-order valence-corrected chi connectivity index (χ4v) is 0.519. The first kappa shape index (κ1) is 8.62. The van der Waals surface area contributed by atoms with E-state index in [0.717, 1.165) is 0 Å². The largest absolute Gasteiger partial charge is 0.504 e. The third-order valence-corrected chi connectivity index (χ3v) is 0.993. The molecule has 3 N–H and O–H groups in total. The van der Waals surface area contributed by atoms with E-state index < -0.39 is 5.75 Å². The van der Waals surface area contributed by atoms with Crippen molar-refractivity contribution in [2.24, 2.45) is 0 Å². The Morgan fingerprint density at radius 3 is 1.60 bits per heavy atom. The Kier molecular flexibility index (Phi) is 2.55. The first-order chi connectivity index (χ1) is 4.22. The van der Waals surface area contributed by atoms with Crippen LogP contribution in [0.1, 0.15) is 7.43 Å². The van der Waals surface area contributed by atoms with Gasteiger partial charge in [-0.15, -0.1) is 0 Å². The molecule has 0 saturated heterocycles. The van der Waals surface area contributed by atoms with E-state index in [1.165, 1.54) is 18.2 Å². The van der Waals surface area contributed by atoms with Crippen molar-refractivity contribution in [3.63, 3.8) is 0 Å². The van der Waals surface area contributed by atoms with Crippen LogP contribution in [-0.4, -0.2) is 15.3 Å². The van der Waals surface area contributed by atoms with Crippen molar-refractivity contribution in [3.8, 4) is 17.2 Å². The van der Waals surface area contributed by atoms with Crippen molar-refractivity contribution in [2.75, 3.05) is 0 Å². The first-order valence-electron chi connectivity index (χ1n) is 2.41. The Morgan fingerprint density at radius 1 is 0.900 bits per heavy atom. The summed E-state index contributed by atoms with van der Waals surface area (Å²) in [6.45, 7) is 0. The Labute approximate surface area is 59.2 Å². The molecule has 0 saturated carbocycles. The minimum absolute atomic E-state index is 0. The van der Waals surface area contributed by atoms with Crippen LogP contribution in [0.15, 0.2) is 18.2 Å². The minimum atomic E-state index is -0.475. The van der Waals surface area contributed by atoms with Crippen molar-refractivity contribution >= 4 is 0 Å². The summed E-state index contributed by atoms with van der Waals surface area (Å²) in [6, 6.07) is 4.01. The number of phenolic OH excluding ortho intramolecular Hbond substituents is 3. The number of para-hydroxylation sites is 1. The average Bonchev–Trinajstić information content (AvgIpc) is 1.83. The van der Waals surface area contributed by atoms with E-state index in [0.29, 0.717) is 0 Å². The van der Waals surface area contributed by atoms with Crippen LogP contribution in [-0.2, 0) is 0 Å². The van der Waals surface area contributed by atoms with Crippen LogP contribution in [0, 0.1) is 0 Å². The van der Waals surface area contributed by atoms with E-state index in [1.807, 2.05) is 0 Å². The Morgan fingerprint density at radius 2 is 1.30 bits per heavy atom. The highest BCUT2D eigenvalue weighted by Crippen LogP contribution is 2.32. The van der Waals surface area contributed by atoms with Gasteiger partial charge in [-0.1, -0.05) is 13.5 Å². The Balaban J connectivity index is 0.000000810. The number of hydrogen-bond donors (Lipinski definition) is 3. The van der Waals surface area contributed by atoms with Crippen molar-refractivity contribution in [1.29, 1.82) is 0 Å². The van der Waals surface area contributed by atoms with Gasteiger partial charge in [0.1, 0.15) is 0 Å². The van der Waals surface area contributed by atoms with E-state index in [2.05, 4.69) is 0 Å². The van der Waals surface area contributed by atoms with Crippen molar-refractivity contribution < 1.29 is 15.3 Å². The maximum absolute atomic E-state index is 8.71. The lowest BCUT2D eigenvalue weighted by Crippen LogP contribution is -1.67. The van der Waals surface area contributed by atoms with E-state index in [9.17, 15) is 0 Å². The molecule has 0 bridgehead atoms. The van der Waals surface area contributed by atoms with Gasteiger partial charge in [0.05, 0.1) is 0 Å². The highest BCUT2D eigenvalue weighted by molar-refractivity contribution is 5.47. The molecule has 0 spiro atoms. The molecule has 0 radical (unpaired) electrons. The molecule has 1 aromatic carbocycles. The topological polar surface area (TPSA) is 60.7 Å². The second kappa shape index (κ2) is 2.96. The SMILES string of the molecule is C.Oc1cccc(O)c1O. The fourth-order valence-electron chi connectivity index (χ4n) is 0.519. The molecule has 0 amide bonds. The van der Waals surface area contributed by atoms with Gasteiger partial charge < -0.3 is 15.3 Å². The van der Waals surface area contributed by atoms with Gasteiger partial charge in [-0.05, 0) is 12.1 Å². The smallest absolute Gasteiger partial charge is 0.200 e. The molecular weight excluding hydrogens is 132 g/mol. The van der Waals surface area contributed by atoms with Gasteiger partial charge in [-0.2, -0.15) is 0 Å². The molecule has 10 heavy (non-hydrogen) atoms. The molecular formula is C7H10O3. The minimum Gasteiger partial charge on any atom is -0.504 e. The third kappa shape index (κ3) is 1.31. The van der Waals surface area contributed by atoms with Gasteiger partial charge in [0.2, 0.25) is 0 Å². The zero-order chi connectivity index (χ0) is 6.85. The van der Waals surface area contributed by atoms with Crippen LogP contribution in [0.4, 0.5) is 0 Å². The van der Waals surface area contributed by atoms with Gasteiger partial charge in [-0.25, -0.2) is 0 Å². The number of benzene rings is 1. The van der Waals surface area contributed by atoms with Crippen LogP contribution < -0.4 is 0 Å². The quantitative estimate of drug-likeness (QED) is 0.480. The second-order valence-corrected chi connectivity index (χ2v) is 1.64. The van der Waals surface area contributed by atoms with E-state index >= 15 is 0 Å². The molecule has 3 nitrogen and oxygen atoms in total. The van der Waals surface area contributed by atoms with E-state index in [-0.39, 0.29) is 18.9 Å². The van der Waals surface area contributed by atoms with Gasteiger partial charge in [0, 0.05) is 0 Å². The number of hydrogen-bond acceptors (Lipinski definition) is 3. The second-order valence-electron chi connectivity index (χ2n) is 1.64. The maximum Gasteiger partial charge on any atom is 0.200 e. The summed E-state index contributed by atoms with van der Waals surface area (Å²) in [5, 5.41) is 26.1. The maximum atomic E-state index is 8.71. The number of aromatic hydroxyl groups is 3. The monoisotopic (exact) mass is 142 g/mol. The summed E-state index contributed by atoms with van der Waals surface area (Å²) in [5.74, 6) is -1.09. The molecule has 0 aliphatic carbocycles. The van der Waals surface area contributed by atoms with Gasteiger partial charge in [0.15, 0.2) is 17.2 Å². The van der Waals surface area contributed by atoms with Gasteiger partial charge in [0.25, 0.3) is 0 Å². The molecule has 0 heterocycles. The molecule has 1 rings (SSSR count). The van der Waals surface area contributed by atoms with Crippen molar-refractivity contribution in [1.82, 2.24) is 0 Å². The first-order valence-corrected chi connectivity index (χ1v) is 2.41. The highest BCUT2D eigenvalue weighted by Gasteiger charge is 2.00. The summed E-state index contributed by atoms with van der Waals surface area (Å²) in [7, 11) is 0. The summed E-state index contributed by atoms with van der Waals surface area (Å²) < 4.78 is 0. The standard InChI is InChI=1S/C6H6O3.CH4/c7-4-2-1-3-5(8)6(4)9;/h1-3,7-9H;1H4. The normalized spacial score (nSPS) is 8.40. The molecule has 0 aliphatic heterocycles. The predicted octanol–water partition coefficient (Wildman–Crippen LogP) is 1.44. The molecule has 0 aliphatic rings. The summed E-state index contributed by atoms with van der Waals surface area (Å²) in [6.07, 6.45) is 0. The van der Waals surface area contributed by atoms with Crippen LogP contribution in [0.5, 0.6) is 17.2 Å². The van der Waals surface area contributed by atoms with Gasteiger partial charge in [-0.3, -0.25) is 0 Å². The molecule has 0 atom stereocenters. The lowest BCUT2D eigenvalue weighted by molar-refractivity contribution is 0.368. The van der Waals surface area contributed by atoms with Crippen LogP contribution >= 0.6 is 0 Å². The van der Waals surface area contributed by atoms with E-state index in [4.69, 9.17) is 15.3 Å². The molecule has 3 heteroatoms. The average molecular weight is 142 g/mol. The van der Waals surface area contributed by atoms with Crippen LogP contribution in [0.2, 0.25) is 0 Å².